The normalized spacial score (nSPS) is 20.8. The van der Waals surface area contributed by atoms with E-state index in [0.29, 0.717) is 39.3 Å². The number of aliphatic imine (C=N–C) groups is 1. The van der Waals surface area contributed by atoms with Crippen LogP contribution in [-0.2, 0) is 11.2 Å². The van der Waals surface area contributed by atoms with Crippen molar-refractivity contribution in [3.8, 4) is 0 Å². The van der Waals surface area contributed by atoms with Gasteiger partial charge in [0.2, 0.25) is 0 Å². The number of hydrogen-bond donors (Lipinski definition) is 1. The summed E-state index contributed by atoms with van der Waals surface area (Å²) < 4.78 is 49.9. The maximum atomic E-state index is 13.0. The van der Waals surface area contributed by atoms with E-state index in [1.54, 1.807) is 6.26 Å². The maximum Gasteiger partial charge on any atom is 0.403 e. The lowest BCUT2D eigenvalue weighted by Crippen LogP contribution is -2.57. The van der Waals surface area contributed by atoms with Crippen molar-refractivity contribution in [3.05, 3.63) is 24.2 Å². The summed E-state index contributed by atoms with van der Waals surface area (Å²) in [5, 5.41) is 3.38. The Balaban J connectivity index is 1.50. The largest absolute Gasteiger partial charge is 0.469 e. The molecular weight excluding hydrogens is 411 g/mol. The number of nitrogens with zero attached hydrogens (tertiary/aromatic N) is 4. The van der Waals surface area contributed by atoms with Gasteiger partial charge in [-0.2, -0.15) is 13.2 Å². The van der Waals surface area contributed by atoms with Gasteiger partial charge >= 0.3 is 6.18 Å². The van der Waals surface area contributed by atoms with Gasteiger partial charge in [0.05, 0.1) is 19.5 Å². The number of rotatable bonds is 8. The van der Waals surface area contributed by atoms with Crippen LogP contribution in [0.5, 0.6) is 0 Å². The molecule has 2 aliphatic rings. The molecule has 1 aromatic rings. The Kier molecular flexibility index (Phi) is 9.03. The molecule has 2 saturated heterocycles. The maximum absolute atomic E-state index is 13.0. The lowest BCUT2D eigenvalue weighted by Gasteiger charge is -2.39. The second-order valence-corrected chi connectivity index (χ2v) is 8.01. The van der Waals surface area contributed by atoms with Crippen molar-refractivity contribution in [2.45, 2.75) is 32.0 Å². The van der Waals surface area contributed by atoms with E-state index in [2.05, 4.69) is 15.1 Å². The monoisotopic (exact) mass is 445 g/mol. The molecule has 7 nitrogen and oxygen atoms in total. The molecule has 10 heteroatoms. The highest BCUT2D eigenvalue weighted by molar-refractivity contribution is 5.80. The number of halogens is 3. The number of hydrogen-bond acceptors (Lipinski definition) is 5. The van der Waals surface area contributed by atoms with Crippen LogP contribution in [0.1, 0.15) is 19.1 Å². The zero-order chi connectivity index (χ0) is 22.1. The molecule has 0 spiro atoms. The zero-order valence-electron chi connectivity index (χ0n) is 18.2. The predicted octanol–water partition coefficient (Wildman–Crippen LogP) is 2.06. The van der Waals surface area contributed by atoms with Crippen molar-refractivity contribution in [2.24, 2.45) is 4.99 Å². The van der Waals surface area contributed by atoms with Gasteiger partial charge in [-0.1, -0.05) is 0 Å². The van der Waals surface area contributed by atoms with Crippen LogP contribution in [-0.4, -0.2) is 105 Å². The number of ether oxygens (including phenoxy) is 1. The molecule has 0 aromatic carbocycles. The Morgan fingerprint density at radius 1 is 1.16 bits per heavy atom. The number of guanidine groups is 1. The van der Waals surface area contributed by atoms with E-state index in [0.717, 1.165) is 57.4 Å². The highest BCUT2D eigenvalue weighted by Crippen LogP contribution is 2.25. The Morgan fingerprint density at radius 2 is 1.90 bits per heavy atom. The minimum Gasteiger partial charge on any atom is -0.469 e. The second-order valence-electron chi connectivity index (χ2n) is 8.01. The minimum absolute atomic E-state index is 0.368. The van der Waals surface area contributed by atoms with Gasteiger partial charge in [0.1, 0.15) is 11.8 Å². The molecule has 0 saturated carbocycles. The number of piperazine rings is 1. The van der Waals surface area contributed by atoms with Crippen molar-refractivity contribution in [1.82, 2.24) is 20.0 Å². The molecule has 3 rings (SSSR count). The first-order valence-corrected chi connectivity index (χ1v) is 11.1. The standard InChI is InChI=1S/C21H34F3N5O2/c1-18(21(22,23)24)28-9-11-29(12-10-28)20(26-7-5-19-4-2-15-31-19)25-6-3-8-27-13-16-30-17-14-27/h2,4,15,18H,3,5-14,16-17H2,1H3,(H,25,26). The van der Waals surface area contributed by atoms with Crippen LogP contribution in [0.15, 0.2) is 27.8 Å². The molecule has 0 bridgehead atoms. The van der Waals surface area contributed by atoms with Gasteiger partial charge < -0.3 is 19.4 Å². The Hall–Kier alpha value is -1.78. The van der Waals surface area contributed by atoms with Crippen LogP contribution >= 0.6 is 0 Å². The average Bonchev–Trinajstić information content (AvgIpc) is 3.29. The summed E-state index contributed by atoms with van der Waals surface area (Å²) >= 11 is 0. The van der Waals surface area contributed by atoms with Crippen molar-refractivity contribution in [1.29, 1.82) is 0 Å². The van der Waals surface area contributed by atoms with E-state index in [9.17, 15) is 13.2 Å². The highest BCUT2D eigenvalue weighted by atomic mass is 19.4. The summed E-state index contributed by atoms with van der Waals surface area (Å²) in [5.41, 5.74) is 0. The Morgan fingerprint density at radius 3 is 2.55 bits per heavy atom. The molecule has 1 unspecified atom stereocenters. The lowest BCUT2D eigenvalue weighted by molar-refractivity contribution is -0.181. The number of furan rings is 1. The van der Waals surface area contributed by atoms with Crippen molar-refractivity contribution in [3.63, 3.8) is 0 Å². The number of nitrogens with one attached hydrogen (secondary N) is 1. The fourth-order valence-electron chi connectivity index (χ4n) is 3.85. The van der Waals surface area contributed by atoms with E-state index in [1.807, 2.05) is 12.1 Å². The van der Waals surface area contributed by atoms with Gasteiger partial charge in [-0.25, -0.2) is 0 Å². The zero-order valence-corrected chi connectivity index (χ0v) is 18.2. The van der Waals surface area contributed by atoms with Gasteiger partial charge in [0.15, 0.2) is 5.96 Å². The quantitative estimate of drug-likeness (QED) is 0.376. The van der Waals surface area contributed by atoms with Crippen molar-refractivity contribution >= 4 is 5.96 Å². The SMILES string of the molecule is CC(N1CCN(C(=NCCCN2CCOCC2)NCCc2ccco2)CC1)C(F)(F)F. The minimum atomic E-state index is -4.19. The molecule has 2 fully saturated rings. The summed E-state index contributed by atoms with van der Waals surface area (Å²) in [6, 6.07) is 2.37. The first-order chi connectivity index (χ1) is 14.9. The topological polar surface area (TPSA) is 56.5 Å². The second kappa shape index (κ2) is 11.7. The van der Waals surface area contributed by atoms with Gasteiger partial charge in [0.25, 0.3) is 0 Å². The van der Waals surface area contributed by atoms with Gasteiger partial charge in [-0.3, -0.25) is 14.8 Å². The summed E-state index contributed by atoms with van der Waals surface area (Å²) in [5.74, 6) is 1.66. The third-order valence-electron chi connectivity index (χ3n) is 5.87. The van der Waals surface area contributed by atoms with Crippen LogP contribution in [0, 0.1) is 0 Å². The smallest absolute Gasteiger partial charge is 0.403 e. The van der Waals surface area contributed by atoms with Crippen molar-refractivity contribution < 1.29 is 22.3 Å². The molecule has 31 heavy (non-hydrogen) atoms. The summed E-state index contributed by atoms with van der Waals surface area (Å²) in [6.07, 6.45) is -0.879. The van der Waals surface area contributed by atoms with Crippen LogP contribution in [0.4, 0.5) is 13.2 Å². The molecule has 3 heterocycles. The van der Waals surface area contributed by atoms with Crippen LogP contribution in [0.3, 0.4) is 0 Å². The van der Waals surface area contributed by atoms with Crippen molar-refractivity contribution in [2.75, 3.05) is 72.1 Å². The van der Waals surface area contributed by atoms with E-state index in [-0.39, 0.29) is 0 Å². The van der Waals surface area contributed by atoms with Gasteiger partial charge in [-0.05, 0) is 25.5 Å². The molecule has 1 N–H and O–H groups in total. The molecule has 176 valence electrons. The van der Waals surface area contributed by atoms with E-state index in [1.165, 1.54) is 11.8 Å². The molecule has 2 aliphatic heterocycles. The molecule has 0 aliphatic carbocycles. The third kappa shape index (κ3) is 7.69. The van der Waals surface area contributed by atoms with Crippen LogP contribution in [0.2, 0.25) is 0 Å². The van der Waals surface area contributed by atoms with E-state index >= 15 is 0 Å². The third-order valence-corrected chi connectivity index (χ3v) is 5.87. The van der Waals surface area contributed by atoms with E-state index < -0.39 is 12.2 Å². The van der Waals surface area contributed by atoms with E-state index in [4.69, 9.17) is 14.1 Å². The van der Waals surface area contributed by atoms with Gasteiger partial charge in [0, 0.05) is 65.3 Å². The molecular formula is C21H34F3N5O2. The Bertz CT molecular complexity index is 654. The fourth-order valence-corrected chi connectivity index (χ4v) is 3.85. The highest BCUT2D eigenvalue weighted by Gasteiger charge is 2.41. The van der Waals surface area contributed by atoms with Crippen LogP contribution in [0.25, 0.3) is 0 Å². The average molecular weight is 446 g/mol. The molecule has 1 aromatic heterocycles. The predicted molar refractivity (Wildman–Crippen MR) is 113 cm³/mol. The molecule has 0 amide bonds. The first-order valence-electron chi connectivity index (χ1n) is 11.1. The van der Waals surface area contributed by atoms with Gasteiger partial charge in [-0.15, -0.1) is 0 Å². The molecule has 1 atom stereocenters. The number of morpholine rings is 1. The summed E-state index contributed by atoms with van der Waals surface area (Å²) in [7, 11) is 0. The van der Waals surface area contributed by atoms with Crippen LogP contribution < -0.4 is 5.32 Å². The fraction of sp³-hybridized carbons (Fsp3) is 0.762. The first kappa shape index (κ1) is 23.9. The lowest BCUT2D eigenvalue weighted by atomic mass is 10.2. The number of alkyl halides is 3. The summed E-state index contributed by atoms with van der Waals surface area (Å²) in [6.45, 7) is 8.81. The summed E-state index contributed by atoms with van der Waals surface area (Å²) in [4.78, 5) is 10.7. The molecule has 0 radical (unpaired) electrons. The Labute approximate surface area is 182 Å².